The zero-order valence-electron chi connectivity index (χ0n) is 12.4. The van der Waals surface area contributed by atoms with Crippen LogP contribution in [0.2, 0.25) is 5.02 Å². The molecule has 7 heteroatoms. The summed E-state index contributed by atoms with van der Waals surface area (Å²) in [5, 5.41) is 3.43. The van der Waals surface area contributed by atoms with Crippen molar-refractivity contribution in [1.29, 1.82) is 0 Å². The number of amides is 2. The van der Waals surface area contributed by atoms with E-state index in [1.54, 1.807) is 42.5 Å². The van der Waals surface area contributed by atoms with E-state index in [9.17, 15) is 9.59 Å². The molecule has 2 aromatic carbocycles. The largest absolute Gasteiger partial charge is 0.484 e. The molecule has 0 unspecified atom stereocenters. The fourth-order valence-corrected chi connectivity index (χ4v) is 2.08. The molecule has 6 nitrogen and oxygen atoms in total. The molecule has 0 saturated carbocycles. The van der Waals surface area contributed by atoms with Gasteiger partial charge in [-0.05, 0) is 55.0 Å². The maximum Gasteiger partial charge on any atom is 0.271 e. The van der Waals surface area contributed by atoms with Gasteiger partial charge in [0.25, 0.3) is 11.8 Å². The number of carbonyl (C=O) groups is 2. The van der Waals surface area contributed by atoms with E-state index in [1.165, 1.54) is 0 Å². The molecule has 4 N–H and O–H groups in total. The lowest BCUT2D eigenvalue weighted by Crippen LogP contribution is -2.34. The molecule has 0 heterocycles. The summed E-state index contributed by atoms with van der Waals surface area (Å²) < 4.78 is 5.21. The van der Waals surface area contributed by atoms with E-state index in [0.29, 0.717) is 22.0 Å². The fraction of sp³-hybridized carbons (Fsp3) is 0.125. The lowest BCUT2D eigenvalue weighted by molar-refractivity contribution is -0.123. The van der Waals surface area contributed by atoms with Crippen LogP contribution >= 0.6 is 11.6 Å². The number of benzene rings is 2. The molecule has 0 aromatic heterocycles. The molecule has 0 radical (unpaired) electrons. The number of anilines is 1. The molecule has 0 fully saturated rings. The van der Waals surface area contributed by atoms with Crippen LogP contribution in [0.4, 0.5) is 5.69 Å². The van der Waals surface area contributed by atoms with Crippen molar-refractivity contribution < 1.29 is 14.3 Å². The highest BCUT2D eigenvalue weighted by molar-refractivity contribution is 6.30. The van der Waals surface area contributed by atoms with Gasteiger partial charge in [0.05, 0.1) is 0 Å². The molecule has 2 aromatic rings. The Morgan fingerprint density at radius 2 is 1.87 bits per heavy atom. The van der Waals surface area contributed by atoms with Gasteiger partial charge in [-0.1, -0.05) is 11.6 Å². The molecule has 120 valence electrons. The monoisotopic (exact) mass is 333 g/mol. The minimum Gasteiger partial charge on any atom is -0.484 e. The first-order chi connectivity index (χ1) is 11.0. The van der Waals surface area contributed by atoms with Crippen LogP contribution in [0.15, 0.2) is 42.5 Å². The quantitative estimate of drug-likeness (QED) is 0.444. The fourth-order valence-electron chi connectivity index (χ4n) is 1.85. The topological polar surface area (TPSA) is 93.4 Å². The van der Waals surface area contributed by atoms with Gasteiger partial charge in [-0.25, -0.2) is 5.84 Å². The highest BCUT2D eigenvalue weighted by Gasteiger charge is 2.08. The minimum atomic E-state index is -0.440. The van der Waals surface area contributed by atoms with Gasteiger partial charge in [-0.15, -0.1) is 0 Å². The summed E-state index contributed by atoms with van der Waals surface area (Å²) >= 11 is 5.89. The lowest BCUT2D eigenvalue weighted by atomic mass is 10.1. The number of halogens is 1. The standard InChI is InChI=1S/C16H16ClN3O3/c1-10-8-12(17)4-7-14(10)19-16(22)11-2-5-13(6-3-11)23-9-15(21)20-18/h2-8H,9,18H2,1H3,(H,19,22)(H,20,21). The Kier molecular flexibility index (Phi) is 5.56. The maximum atomic E-state index is 12.2. The molecule has 0 spiro atoms. The molecule has 0 bridgehead atoms. The third kappa shape index (κ3) is 4.70. The number of nitrogens with one attached hydrogen (secondary N) is 2. The number of ether oxygens (including phenoxy) is 1. The van der Waals surface area contributed by atoms with E-state index < -0.39 is 5.91 Å². The second kappa shape index (κ2) is 7.62. The highest BCUT2D eigenvalue weighted by atomic mass is 35.5. The first-order valence-electron chi connectivity index (χ1n) is 6.79. The van der Waals surface area contributed by atoms with Crippen molar-refractivity contribution in [3.63, 3.8) is 0 Å². The minimum absolute atomic E-state index is 0.188. The molecule has 2 amide bonds. The number of aryl methyl sites for hydroxylation is 1. The number of nitrogens with two attached hydrogens (primary N) is 1. The second-order valence-corrected chi connectivity index (χ2v) is 5.23. The summed E-state index contributed by atoms with van der Waals surface area (Å²) in [6.45, 7) is 1.67. The number of hydrogen-bond acceptors (Lipinski definition) is 4. The first-order valence-corrected chi connectivity index (χ1v) is 7.17. The summed E-state index contributed by atoms with van der Waals surface area (Å²) in [6, 6.07) is 11.7. The van der Waals surface area contributed by atoms with Gasteiger partial charge in [0, 0.05) is 16.3 Å². The van der Waals surface area contributed by atoms with Crippen LogP contribution in [0.5, 0.6) is 5.75 Å². The van der Waals surface area contributed by atoms with Gasteiger partial charge in [0.1, 0.15) is 5.75 Å². The lowest BCUT2D eigenvalue weighted by Gasteiger charge is -2.09. The van der Waals surface area contributed by atoms with E-state index in [2.05, 4.69) is 5.32 Å². The number of carbonyl (C=O) groups excluding carboxylic acids is 2. The average molecular weight is 334 g/mol. The SMILES string of the molecule is Cc1cc(Cl)ccc1NC(=O)c1ccc(OCC(=O)NN)cc1. The Bertz CT molecular complexity index is 717. The summed E-state index contributed by atoms with van der Waals surface area (Å²) in [5.74, 6) is 4.73. The van der Waals surface area contributed by atoms with Crippen LogP contribution in [-0.4, -0.2) is 18.4 Å². The van der Waals surface area contributed by atoms with Crippen molar-refractivity contribution in [3.05, 3.63) is 58.6 Å². The van der Waals surface area contributed by atoms with Gasteiger partial charge in [-0.3, -0.25) is 15.0 Å². The Labute approximate surface area is 138 Å². The van der Waals surface area contributed by atoms with E-state index in [4.69, 9.17) is 22.2 Å². The molecular weight excluding hydrogens is 318 g/mol. The molecule has 0 aliphatic carbocycles. The second-order valence-electron chi connectivity index (χ2n) is 4.79. The van der Waals surface area contributed by atoms with Gasteiger partial charge >= 0.3 is 0 Å². The molecular formula is C16H16ClN3O3. The van der Waals surface area contributed by atoms with Gasteiger partial charge < -0.3 is 10.1 Å². The Morgan fingerprint density at radius 3 is 2.48 bits per heavy atom. The van der Waals surface area contributed by atoms with Crippen LogP contribution in [0, 0.1) is 6.92 Å². The third-order valence-corrected chi connectivity index (χ3v) is 3.32. The Balaban J connectivity index is 2.01. The summed E-state index contributed by atoms with van der Waals surface area (Å²) in [4.78, 5) is 23.2. The first kappa shape index (κ1) is 16.8. The van der Waals surface area contributed by atoms with Crippen molar-refractivity contribution in [1.82, 2.24) is 5.43 Å². The predicted molar refractivity (Wildman–Crippen MR) is 88.4 cm³/mol. The normalized spacial score (nSPS) is 10.0. The van der Waals surface area contributed by atoms with Crippen LogP contribution in [0.3, 0.4) is 0 Å². The van der Waals surface area contributed by atoms with Crippen molar-refractivity contribution in [3.8, 4) is 5.75 Å². The van der Waals surface area contributed by atoms with Gasteiger partial charge in [-0.2, -0.15) is 0 Å². The molecule has 0 atom stereocenters. The number of hydrazine groups is 1. The van der Waals surface area contributed by atoms with Crippen molar-refractivity contribution in [2.24, 2.45) is 5.84 Å². The summed E-state index contributed by atoms with van der Waals surface area (Å²) in [5.41, 5.74) is 4.00. The van der Waals surface area contributed by atoms with Crippen LogP contribution in [-0.2, 0) is 4.79 Å². The van der Waals surface area contributed by atoms with E-state index in [-0.39, 0.29) is 12.5 Å². The number of rotatable bonds is 5. The van der Waals surface area contributed by atoms with E-state index in [1.807, 2.05) is 12.3 Å². The Hall–Kier alpha value is -2.57. The van der Waals surface area contributed by atoms with Gasteiger partial charge in [0.15, 0.2) is 6.61 Å². The zero-order valence-corrected chi connectivity index (χ0v) is 13.2. The molecule has 0 aliphatic heterocycles. The van der Waals surface area contributed by atoms with Crippen LogP contribution in [0.1, 0.15) is 15.9 Å². The van der Waals surface area contributed by atoms with E-state index in [0.717, 1.165) is 5.56 Å². The third-order valence-electron chi connectivity index (χ3n) is 3.08. The van der Waals surface area contributed by atoms with Crippen LogP contribution < -0.4 is 21.3 Å². The maximum absolute atomic E-state index is 12.2. The smallest absolute Gasteiger partial charge is 0.271 e. The Morgan fingerprint density at radius 1 is 1.17 bits per heavy atom. The summed E-state index contributed by atoms with van der Waals surface area (Å²) in [7, 11) is 0. The molecule has 0 aliphatic rings. The van der Waals surface area contributed by atoms with E-state index >= 15 is 0 Å². The van der Waals surface area contributed by atoms with Crippen molar-refractivity contribution >= 4 is 29.1 Å². The average Bonchev–Trinajstić information content (AvgIpc) is 2.55. The molecule has 0 saturated heterocycles. The molecule has 2 rings (SSSR count). The summed E-state index contributed by atoms with van der Waals surface area (Å²) in [6.07, 6.45) is 0. The molecule has 23 heavy (non-hydrogen) atoms. The van der Waals surface area contributed by atoms with Crippen molar-refractivity contribution in [2.45, 2.75) is 6.92 Å². The van der Waals surface area contributed by atoms with Gasteiger partial charge in [0.2, 0.25) is 0 Å². The van der Waals surface area contributed by atoms with Crippen LogP contribution in [0.25, 0.3) is 0 Å². The van der Waals surface area contributed by atoms with Crippen molar-refractivity contribution in [2.75, 3.05) is 11.9 Å². The zero-order chi connectivity index (χ0) is 16.8. The highest BCUT2D eigenvalue weighted by Crippen LogP contribution is 2.20. The predicted octanol–water partition coefficient (Wildman–Crippen LogP) is 2.27. The number of hydrogen-bond donors (Lipinski definition) is 3.